The van der Waals surface area contributed by atoms with Gasteiger partial charge in [-0.05, 0) is 50.9 Å². The summed E-state index contributed by atoms with van der Waals surface area (Å²) in [5.41, 5.74) is 10.6. The summed E-state index contributed by atoms with van der Waals surface area (Å²) in [6.07, 6.45) is 0.922. The molecule has 0 nitrogen and oxygen atoms in total. The van der Waals surface area contributed by atoms with Crippen molar-refractivity contribution in [1.29, 1.82) is 0 Å². The lowest BCUT2D eigenvalue weighted by atomic mass is 9.66. The van der Waals surface area contributed by atoms with Crippen LogP contribution in [0.3, 0.4) is 0 Å². The molecule has 0 heterocycles. The van der Waals surface area contributed by atoms with Gasteiger partial charge in [0, 0.05) is 23.1 Å². The van der Waals surface area contributed by atoms with Crippen molar-refractivity contribution in [2.24, 2.45) is 0 Å². The second-order valence-corrected chi connectivity index (χ2v) is 11.6. The van der Waals surface area contributed by atoms with Crippen LogP contribution in [-0.2, 0) is 29.5 Å². The Bertz CT molecular complexity index is 1060. The third-order valence-corrected chi connectivity index (χ3v) is 9.97. The third-order valence-electron chi connectivity index (χ3n) is 6.45. The Balaban J connectivity index is 1.96. The monoisotopic (exact) mass is 894 g/mol. The SMILES string of the molecule is ICc1ccc(CC(c2ccc(CI)cc2)(c2ccc(CI)cc2)c2ccc(CI)cc2)cc1. The Morgan fingerprint density at radius 2 is 0.588 bits per heavy atom. The zero-order valence-electron chi connectivity index (χ0n) is 18.8. The number of hydrogen-bond donors (Lipinski definition) is 0. The first-order valence-electron chi connectivity index (χ1n) is 11.2. The van der Waals surface area contributed by atoms with Crippen molar-refractivity contribution in [1.82, 2.24) is 0 Å². The fourth-order valence-electron chi connectivity index (χ4n) is 4.49. The molecule has 0 aliphatic heterocycles. The summed E-state index contributed by atoms with van der Waals surface area (Å²) in [5.74, 6) is 0. The van der Waals surface area contributed by atoms with Gasteiger partial charge in [-0.3, -0.25) is 0 Å². The summed E-state index contributed by atoms with van der Waals surface area (Å²) >= 11 is 9.78. The number of alkyl halides is 4. The van der Waals surface area contributed by atoms with Crippen LogP contribution in [0, 0.1) is 0 Å². The molecule has 0 amide bonds. The average molecular weight is 894 g/mol. The summed E-state index contributed by atoms with van der Waals surface area (Å²) in [6, 6.07) is 37.1. The van der Waals surface area contributed by atoms with E-state index in [0.717, 1.165) is 24.1 Å². The highest BCUT2D eigenvalue weighted by Crippen LogP contribution is 2.43. The summed E-state index contributed by atoms with van der Waals surface area (Å²) in [5, 5.41) is 0. The van der Waals surface area contributed by atoms with Gasteiger partial charge >= 0.3 is 0 Å². The first kappa shape index (κ1) is 26.9. The smallest absolute Gasteiger partial charge is 0.0491 e. The molecule has 0 aliphatic carbocycles. The maximum absolute atomic E-state index is 2.45. The van der Waals surface area contributed by atoms with Crippen LogP contribution < -0.4 is 0 Å². The van der Waals surface area contributed by atoms with E-state index in [1.807, 2.05) is 0 Å². The Morgan fingerprint density at radius 1 is 0.353 bits per heavy atom. The first-order chi connectivity index (χ1) is 16.6. The third kappa shape index (κ3) is 6.02. The van der Waals surface area contributed by atoms with Gasteiger partial charge in [0.05, 0.1) is 0 Å². The average Bonchev–Trinajstić information content (AvgIpc) is 2.92. The summed E-state index contributed by atoms with van der Waals surface area (Å²) < 4.78 is 4.11. The van der Waals surface area contributed by atoms with Crippen LogP contribution >= 0.6 is 90.4 Å². The highest BCUT2D eigenvalue weighted by Gasteiger charge is 2.36. The van der Waals surface area contributed by atoms with E-state index < -0.39 is 0 Å². The van der Waals surface area contributed by atoms with Gasteiger partial charge in [0.25, 0.3) is 0 Å². The molecule has 0 aliphatic rings. The Labute approximate surface area is 258 Å². The van der Waals surface area contributed by atoms with Crippen LogP contribution in [0.1, 0.15) is 44.5 Å². The van der Waals surface area contributed by atoms with Gasteiger partial charge in [-0.1, -0.05) is 187 Å². The molecular weight excluding hydrogens is 868 g/mol. The van der Waals surface area contributed by atoms with Crippen LogP contribution in [0.5, 0.6) is 0 Å². The van der Waals surface area contributed by atoms with E-state index in [-0.39, 0.29) is 5.41 Å². The van der Waals surface area contributed by atoms with E-state index in [2.05, 4.69) is 187 Å². The predicted octanol–water partition coefficient (Wildman–Crippen LogP) is 10.0. The number of halogens is 4. The second-order valence-electron chi connectivity index (χ2n) is 8.52. The van der Waals surface area contributed by atoms with Crippen LogP contribution in [0.15, 0.2) is 97.1 Å². The molecule has 4 aromatic rings. The molecule has 0 unspecified atom stereocenters. The lowest BCUT2D eigenvalue weighted by Gasteiger charge is -2.37. The Kier molecular flexibility index (Phi) is 10.2. The Hall–Kier alpha value is -0.200. The van der Waals surface area contributed by atoms with E-state index in [4.69, 9.17) is 0 Å². The second kappa shape index (κ2) is 12.9. The predicted molar refractivity (Wildman–Crippen MR) is 180 cm³/mol. The maximum atomic E-state index is 2.45. The largest absolute Gasteiger partial charge is 0.0812 e. The van der Waals surface area contributed by atoms with Gasteiger partial charge < -0.3 is 0 Å². The van der Waals surface area contributed by atoms with Crippen molar-refractivity contribution in [2.45, 2.75) is 29.5 Å². The number of rotatable bonds is 9. The molecule has 0 fully saturated rings. The van der Waals surface area contributed by atoms with E-state index in [1.165, 1.54) is 44.5 Å². The van der Waals surface area contributed by atoms with Crippen molar-refractivity contribution in [2.75, 3.05) is 0 Å². The molecule has 0 bridgehead atoms. The molecule has 0 spiro atoms. The molecular formula is C30H26I4. The summed E-state index contributed by atoms with van der Waals surface area (Å²) in [4.78, 5) is 0. The van der Waals surface area contributed by atoms with E-state index in [0.29, 0.717) is 0 Å². The van der Waals surface area contributed by atoms with Gasteiger partial charge in [0.15, 0.2) is 0 Å². The molecule has 0 radical (unpaired) electrons. The minimum absolute atomic E-state index is 0.261. The standard InChI is InChI=1S/C30H26I4/c31-18-23-3-1-22(2-4-23)17-30(27-11-5-24(19-32)6-12-27,28-13-7-25(20-33)8-14-28)29-15-9-26(21-34)10-16-29/h1-16H,17-21H2. The van der Waals surface area contributed by atoms with E-state index in [1.54, 1.807) is 0 Å². The minimum Gasteiger partial charge on any atom is -0.0812 e. The molecule has 4 aromatic carbocycles. The first-order valence-corrected chi connectivity index (χ1v) is 17.3. The molecule has 4 heteroatoms. The highest BCUT2D eigenvalue weighted by molar-refractivity contribution is 14.1. The molecule has 34 heavy (non-hydrogen) atoms. The van der Waals surface area contributed by atoms with Gasteiger partial charge in [0.2, 0.25) is 0 Å². The fourth-order valence-corrected chi connectivity index (χ4v) is 6.53. The van der Waals surface area contributed by atoms with Crippen molar-refractivity contribution in [3.05, 3.63) is 142 Å². The minimum atomic E-state index is -0.261. The molecule has 0 aromatic heterocycles. The van der Waals surface area contributed by atoms with Crippen molar-refractivity contribution >= 4 is 90.4 Å². The normalized spacial score (nSPS) is 11.5. The topological polar surface area (TPSA) is 0 Å². The summed E-state index contributed by atoms with van der Waals surface area (Å²) in [6.45, 7) is 0. The summed E-state index contributed by atoms with van der Waals surface area (Å²) in [7, 11) is 0. The molecule has 4 rings (SSSR count). The zero-order chi connectivity index (χ0) is 24.0. The van der Waals surface area contributed by atoms with Gasteiger partial charge in [-0.2, -0.15) is 0 Å². The highest BCUT2D eigenvalue weighted by atomic mass is 127. The fraction of sp³-hybridized carbons (Fsp3) is 0.200. The van der Waals surface area contributed by atoms with Crippen LogP contribution in [-0.4, -0.2) is 0 Å². The maximum Gasteiger partial charge on any atom is 0.0491 e. The number of hydrogen-bond acceptors (Lipinski definition) is 0. The molecule has 0 atom stereocenters. The van der Waals surface area contributed by atoms with Crippen LogP contribution in [0.4, 0.5) is 0 Å². The Morgan fingerprint density at radius 3 is 0.853 bits per heavy atom. The number of benzene rings is 4. The lowest BCUT2D eigenvalue weighted by molar-refractivity contribution is 0.612. The van der Waals surface area contributed by atoms with Crippen molar-refractivity contribution < 1.29 is 0 Å². The molecule has 0 N–H and O–H groups in total. The van der Waals surface area contributed by atoms with E-state index in [9.17, 15) is 0 Å². The molecule has 0 saturated carbocycles. The van der Waals surface area contributed by atoms with E-state index >= 15 is 0 Å². The lowest BCUT2D eigenvalue weighted by Crippen LogP contribution is -2.32. The van der Waals surface area contributed by atoms with Gasteiger partial charge in [-0.25, -0.2) is 0 Å². The zero-order valence-corrected chi connectivity index (χ0v) is 27.4. The van der Waals surface area contributed by atoms with Crippen LogP contribution in [0.25, 0.3) is 0 Å². The molecule has 174 valence electrons. The van der Waals surface area contributed by atoms with Gasteiger partial charge in [0.1, 0.15) is 0 Å². The molecule has 0 saturated heterocycles. The van der Waals surface area contributed by atoms with Gasteiger partial charge in [-0.15, -0.1) is 0 Å². The van der Waals surface area contributed by atoms with Crippen molar-refractivity contribution in [3.8, 4) is 0 Å². The van der Waals surface area contributed by atoms with Crippen molar-refractivity contribution in [3.63, 3.8) is 0 Å². The van der Waals surface area contributed by atoms with Crippen LogP contribution in [0.2, 0.25) is 0 Å². The quantitative estimate of drug-likeness (QED) is 0.0893.